The van der Waals surface area contributed by atoms with Crippen LogP contribution in [0.1, 0.15) is 16.6 Å². The van der Waals surface area contributed by atoms with E-state index in [1.165, 1.54) is 18.3 Å². The molecule has 0 bridgehead atoms. The van der Waals surface area contributed by atoms with Gasteiger partial charge in [0.1, 0.15) is 4.88 Å². The topological polar surface area (TPSA) is 66.4 Å². The Morgan fingerprint density at radius 3 is 2.71 bits per heavy atom. The summed E-state index contributed by atoms with van der Waals surface area (Å²) in [6.45, 7) is 1.42. The predicted octanol–water partition coefficient (Wildman–Crippen LogP) is 3.32. The van der Waals surface area contributed by atoms with E-state index in [-0.39, 0.29) is 10.8 Å². The molecular formula is C11H8BrNO3S. The number of rotatable bonds is 2. The molecule has 6 heteroatoms. The summed E-state index contributed by atoms with van der Waals surface area (Å²) in [6, 6.07) is 5.14. The third-order valence-corrected chi connectivity index (χ3v) is 4.10. The first-order valence-corrected chi connectivity index (χ1v) is 6.33. The number of anilines is 1. The van der Waals surface area contributed by atoms with Crippen molar-refractivity contribution in [3.05, 3.63) is 27.5 Å². The molecule has 1 aromatic heterocycles. The first-order chi connectivity index (χ1) is 7.99. The van der Waals surface area contributed by atoms with E-state index in [2.05, 4.69) is 21.2 Å². The third-order valence-electron chi connectivity index (χ3n) is 2.16. The van der Waals surface area contributed by atoms with Crippen LogP contribution in [0.4, 0.5) is 5.69 Å². The summed E-state index contributed by atoms with van der Waals surface area (Å²) in [6.07, 6.45) is 0. The molecule has 2 aromatic rings. The molecule has 2 N–H and O–H groups in total. The summed E-state index contributed by atoms with van der Waals surface area (Å²) in [5.74, 6) is -1.11. The highest BCUT2D eigenvalue weighted by Crippen LogP contribution is 2.36. The van der Waals surface area contributed by atoms with Crippen LogP contribution in [0, 0.1) is 0 Å². The lowest BCUT2D eigenvalue weighted by Gasteiger charge is -2.05. The van der Waals surface area contributed by atoms with E-state index in [0.717, 1.165) is 10.1 Å². The van der Waals surface area contributed by atoms with Crippen molar-refractivity contribution >= 4 is 54.9 Å². The zero-order chi connectivity index (χ0) is 12.6. The normalized spacial score (nSPS) is 10.5. The number of aromatic carboxylic acids is 1. The highest BCUT2D eigenvalue weighted by Gasteiger charge is 2.13. The van der Waals surface area contributed by atoms with Crippen LogP contribution in [0.15, 0.2) is 22.7 Å². The minimum atomic E-state index is -0.945. The van der Waals surface area contributed by atoms with Gasteiger partial charge < -0.3 is 10.4 Å². The van der Waals surface area contributed by atoms with Gasteiger partial charge in [-0.25, -0.2) is 4.79 Å². The van der Waals surface area contributed by atoms with Crippen molar-refractivity contribution in [2.45, 2.75) is 6.92 Å². The van der Waals surface area contributed by atoms with Crippen LogP contribution in [0.25, 0.3) is 10.1 Å². The Bertz CT molecular complexity index is 620. The number of hydrogen-bond donors (Lipinski definition) is 2. The molecule has 1 amide bonds. The maximum atomic E-state index is 11.0. The number of amides is 1. The van der Waals surface area contributed by atoms with E-state index < -0.39 is 5.97 Å². The molecule has 4 nitrogen and oxygen atoms in total. The molecule has 0 fully saturated rings. The number of nitrogens with one attached hydrogen (secondary N) is 1. The molecule has 1 heterocycles. The fourth-order valence-electron chi connectivity index (χ4n) is 1.47. The third kappa shape index (κ3) is 2.32. The van der Waals surface area contributed by atoms with Gasteiger partial charge >= 0.3 is 5.97 Å². The SMILES string of the molecule is CC(=O)Nc1ccc2sc(C(=O)O)cc2c1Br. The van der Waals surface area contributed by atoms with E-state index in [9.17, 15) is 9.59 Å². The fourth-order valence-corrected chi connectivity index (χ4v) is 3.07. The fraction of sp³-hybridized carbons (Fsp3) is 0.0909. The van der Waals surface area contributed by atoms with Crippen LogP contribution >= 0.6 is 27.3 Å². The Morgan fingerprint density at radius 2 is 2.12 bits per heavy atom. The second-order valence-corrected chi connectivity index (χ2v) is 5.31. The Morgan fingerprint density at radius 1 is 1.41 bits per heavy atom. The lowest BCUT2D eigenvalue weighted by Crippen LogP contribution is -2.06. The van der Waals surface area contributed by atoms with E-state index >= 15 is 0 Å². The van der Waals surface area contributed by atoms with Gasteiger partial charge in [-0.05, 0) is 34.1 Å². The second-order valence-electron chi connectivity index (χ2n) is 3.44. The summed E-state index contributed by atoms with van der Waals surface area (Å²) < 4.78 is 1.57. The lowest BCUT2D eigenvalue weighted by atomic mass is 10.2. The summed E-state index contributed by atoms with van der Waals surface area (Å²) in [5, 5.41) is 12.4. The minimum absolute atomic E-state index is 0.168. The summed E-state index contributed by atoms with van der Waals surface area (Å²) in [5.41, 5.74) is 0.639. The van der Waals surface area contributed by atoms with Crippen molar-refractivity contribution in [3.63, 3.8) is 0 Å². The number of benzene rings is 1. The van der Waals surface area contributed by atoms with Gasteiger partial charge in [0.2, 0.25) is 5.91 Å². The first kappa shape index (κ1) is 12.1. The second kappa shape index (κ2) is 4.46. The number of carboxylic acid groups (broad SMARTS) is 1. The maximum absolute atomic E-state index is 11.0. The van der Waals surface area contributed by atoms with Crippen molar-refractivity contribution in [2.24, 2.45) is 0 Å². The first-order valence-electron chi connectivity index (χ1n) is 4.72. The number of hydrogen-bond acceptors (Lipinski definition) is 3. The number of carboxylic acids is 1. The van der Waals surface area contributed by atoms with E-state index in [0.29, 0.717) is 10.2 Å². The van der Waals surface area contributed by atoms with E-state index in [1.54, 1.807) is 18.2 Å². The van der Waals surface area contributed by atoms with E-state index in [4.69, 9.17) is 5.11 Å². The van der Waals surface area contributed by atoms with Gasteiger partial charge in [0, 0.05) is 21.5 Å². The molecule has 0 unspecified atom stereocenters. The van der Waals surface area contributed by atoms with Crippen molar-refractivity contribution < 1.29 is 14.7 Å². The minimum Gasteiger partial charge on any atom is -0.477 e. The molecule has 17 heavy (non-hydrogen) atoms. The molecule has 0 aliphatic rings. The van der Waals surface area contributed by atoms with Crippen LogP contribution < -0.4 is 5.32 Å². The molecule has 2 rings (SSSR count). The highest BCUT2D eigenvalue weighted by atomic mass is 79.9. The molecular weight excluding hydrogens is 306 g/mol. The largest absolute Gasteiger partial charge is 0.477 e. The average Bonchev–Trinajstić information content (AvgIpc) is 2.66. The molecule has 0 atom stereocenters. The Balaban J connectivity index is 2.58. The molecule has 1 aromatic carbocycles. The monoisotopic (exact) mass is 313 g/mol. The molecule has 0 aliphatic heterocycles. The Labute approximate surface area is 109 Å². The number of carbonyl (C=O) groups excluding carboxylic acids is 1. The zero-order valence-electron chi connectivity index (χ0n) is 8.78. The van der Waals surface area contributed by atoms with Gasteiger partial charge in [0.05, 0.1) is 5.69 Å². The maximum Gasteiger partial charge on any atom is 0.345 e. The van der Waals surface area contributed by atoms with Gasteiger partial charge in [0.25, 0.3) is 0 Å². The van der Waals surface area contributed by atoms with Crippen LogP contribution in [0.5, 0.6) is 0 Å². The molecule has 0 saturated carbocycles. The van der Waals surface area contributed by atoms with E-state index in [1.807, 2.05) is 0 Å². The number of halogens is 1. The Hall–Kier alpha value is -1.40. The van der Waals surface area contributed by atoms with Crippen LogP contribution in [0.2, 0.25) is 0 Å². The molecule has 0 saturated heterocycles. The summed E-state index contributed by atoms with van der Waals surface area (Å²) in [7, 11) is 0. The summed E-state index contributed by atoms with van der Waals surface area (Å²) >= 11 is 4.58. The molecule has 88 valence electrons. The van der Waals surface area contributed by atoms with Crippen LogP contribution in [-0.2, 0) is 4.79 Å². The number of fused-ring (bicyclic) bond motifs is 1. The van der Waals surface area contributed by atoms with Gasteiger partial charge in [-0.15, -0.1) is 11.3 Å². The van der Waals surface area contributed by atoms with Crippen LogP contribution in [0.3, 0.4) is 0 Å². The number of carbonyl (C=O) groups is 2. The van der Waals surface area contributed by atoms with Gasteiger partial charge in [-0.1, -0.05) is 0 Å². The lowest BCUT2D eigenvalue weighted by molar-refractivity contribution is -0.114. The molecule has 0 spiro atoms. The molecule has 0 aliphatic carbocycles. The average molecular weight is 314 g/mol. The standard InChI is InChI=1S/C11H8BrNO3S/c1-5(14)13-7-2-3-8-6(10(7)12)4-9(17-8)11(15)16/h2-4H,1H3,(H,13,14)(H,15,16). The van der Waals surface area contributed by atoms with Crippen LogP contribution in [-0.4, -0.2) is 17.0 Å². The van der Waals surface area contributed by atoms with Crippen molar-refractivity contribution in [1.82, 2.24) is 0 Å². The Kier molecular flexibility index (Phi) is 3.17. The van der Waals surface area contributed by atoms with Crippen molar-refractivity contribution in [2.75, 3.05) is 5.32 Å². The zero-order valence-corrected chi connectivity index (χ0v) is 11.2. The predicted molar refractivity (Wildman–Crippen MR) is 70.8 cm³/mol. The molecule has 0 radical (unpaired) electrons. The summed E-state index contributed by atoms with van der Waals surface area (Å²) in [4.78, 5) is 22.1. The highest BCUT2D eigenvalue weighted by molar-refractivity contribution is 9.10. The smallest absolute Gasteiger partial charge is 0.345 e. The van der Waals surface area contributed by atoms with Crippen molar-refractivity contribution in [1.29, 1.82) is 0 Å². The van der Waals surface area contributed by atoms with Gasteiger partial charge in [-0.3, -0.25) is 4.79 Å². The van der Waals surface area contributed by atoms with Gasteiger partial charge in [0.15, 0.2) is 0 Å². The quantitative estimate of drug-likeness (QED) is 0.893. The number of thiophene rings is 1. The van der Waals surface area contributed by atoms with Gasteiger partial charge in [-0.2, -0.15) is 0 Å². The van der Waals surface area contributed by atoms with Crippen molar-refractivity contribution in [3.8, 4) is 0 Å².